The highest BCUT2D eigenvalue weighted by molar-refractivity contribution is 5.67. The molecule has 0 unspecified atom stereocenters. The zero-order valence-electron chi connectivity index (χ0n) is 9.73. The number of aryl methyl sites for hydroxylation is 2. The van der Waals surface area contributed by atoms with Gasteiger partial charge in [-0.1, -0.05) is 13.3 Å². The third kappa shape index (κ3) is 2.10. The highest BCUT2D eigenvalue weighted by Gasteiger charge is 2.11. The van der Waals surface area contributed by atoms with Gasteiger partial charge in [-0.3, -0.25) is 4.68 Å². The summed E-state index contributed by atoms with van der Waals surface area (Å²) in [6.07, 6.45) is 4.12. The normalized spacial score (nSPS) is 10.9. The number of nitrogen functional groups attached to an aromatic ring is 1. The number of aromatic nitrogens is 2. The predicted molar refractivity (Wildman–Crippen MR) is 64.0 cm³/mol. The average molecular weight is 219 g/mol. The molecule has 4 heteroatoms. The maximum absolute atomic E-state index is 5.91. The molecule has 0 fully saturated rings. The molecule has 0 atom stereocenters. The van der Waals surface area contributed by atoms with Crippen LogP contribution in [0.2, 0.25) is 0 Å². The maximum Gasteiger partial charge on any atom is 0.156 e. The van der Waals surface area contributed by atoms with Gasteiger partial charge in [0.1, 0.15) is 5.76 Å². The van der Waals surface area contributed by atoms with Crippen LogP contribution in [-0.2, 0) is 6.54 Å². The molecule has 2 aromatic heterocycles. The van der Waals surface area contributed by atoms with Gasteiger partial charge in [-0.2, -0.15) is 5.10 Å². The fraction of sp³-hybridized carbons (Fsp3) is 0.417. The van der Waals surface area contributed by atoms with Crippen molar-refractivity contribution in [1.29, 1.82) is 0 Å². The molecule has 0 aliphatic rings. The van der Waals surface area contributed by atoms with Crippen LogP contribution in [0, 0.1) is 6.92 Å². The number of nitrogens with zero attached hydrogens (tertiary/aromatic N) is 2. The third-order valence-corrected chi connectivity index (χ3v) is 2.50. The highest BCUT2D eigenvalue weighted by Crippen LogP contribution is 2.25. The summed E-state index contributed by atoms with van der Waals surface area (Å²) in [5.41, 5.74) is 7.32. The minimum absolute atomic E-state index is 0.672. The van der Waals surface area contributed by atoms with E-state index in [1.54, 1.807) is 0 Å². The average Bonchev–Trinajstić information content (AvgIpc) is 2.82. The monoisotopic (exact) mass is 219 g/mol. The Balaban J connectivity index is 2.24. The van der Waals surface area contributed by atoms with E-state index < -0.39 is 0 Å². The fourth-order valence-corrected chi connectivity index (χ4v) is 1.62. The van der Waals surface area contributed by atoms with Crippen LogP contribution in [0.15, 0.2) is 22.7 Å². The second kappa shape index (κ2) is 4.43. The maximum atomic E-state index is 5.91. The number of unbranched alkanes of at least 4 members (excludes halogenated alkanes) is 1. The van der Waals surface area contributed by atoms with Crippen molar-refractivity contribution < 1.29 is 4.42 Å². The van der Waals surface area contributed by atoms with Crippen molar-refractivity contribution in [1.82, 2.24) is 9.78 Å². The van der Waals surface area contributed by atoms with E-state index in [0.29, 0.717) is 5.69 Å². The molecule has 16 heavy (non-hydrogen) atoms. The molecule has 0 aliphatic carbocycles. The second-order valence-electron chi connectivity index (χ2n) is 3.96. The van der Waals surface area contributed by atoms with Gasteiger partial charge in [-0.15, -0.1) is 0 Å². The Morgan fingerprint density at radius 1 is 1.44 bits per heavy atom. The van der Waals surface area contributed by atoms with Crippen LogP contribution in [0.3, 0.4) is 0 Å². The third-order valence-electron chi connectivity index (χ3n) is 2.50. The van der Waals surface area contributed by atoms with Gasteiger partial charge >= 0.3 is 0 Å². The molecule has 0 radical (unpaired) electrons. The minimum Gasteiger partial charge on any atom is -0.460 e. The van der Waals surface area contributed by atoms with Crippen LogP contribution in [-0.4, -0.2) is 9.78 Å². The van der Waals surface area contributed by atoms with E-state index >= 15 is 0 Å². The van der Waals surface area contributed by atoms with Crippen LogP contribution in [0.1, 0.15) is 25.5 Å². The summed E-state index contributed by atoms with van der Waals surface area (Å²) < 4.78 is 7.39. The van der Waals surface area contributed by atoms with Gasteiger partial charge in [-0.25, -0.2) is 0 Å². The van der Waals surface area contributed by atoms with Crippen molar-refractivity contribution in [3.63, 3.8) is 0 Å². The van der Waals surface area contributed by atoms with Gasteiger partial charge in [0, 0.05) is 12.7 Å². The molecule has 2 heterocycles. The zero-order valence-corrected chi connectivity index (χ0v) is 9.73. The molecule has 0 spiro atoms. The standard InChI is InChI=1S/C12H17N3O/c1-3-4-7-15-8-10(13)12(14-15)11-6-5-9(2)16-11/h5-6,8H,3-4,7,13H2,1-2H3. The molecule has 2 N–H and O–H groups in total. The van der Waals surface area contributed by atoms with Crippen LogP contribution in [0.4, 0.5) is 5.69 Å². The summed E-state index contributed by atoms with van der Waals surface area (Å²) in [7, 11) is 0. The van der Waals surface area contributed by atoms with Crippen molar-refractivity contribution >= 4 is 5.69 Å². The molecule has 0 saturated heterocycles. The van der Waals surface area contributed by atoms with Gasteiger partial charge in [0.15, 0.2) is 11.5 Å². The molecular weight excluding hydrogens is 202 g/mol. The van der Waals surface area contributed by atoms with E-state index in [-0.39, 0.29) is 0 Å². The molecule has 0 saturated carbocycles. The van der Waals surface area contributed by atoms with Crippen molar-refractivity contribution in [2.45, 2.75) is 33.2 Å². The quantitative estimate of drug-likeness (QED) is 0.860. The first-order valence-corrected chi connectivity index (χ1v) is 5.60. The summed E-state index contributed by atoms with van der Waals surface area (Å²) in [6, 6.07) is 3.82. The van der Waals surface area contributed by atoms with E-state index in [2.05, 4.69) is 12.0 Å². The zero-order chi connectivity index (χ0) is 11.5. The number of rotatable bonds is 4. The topological polar surface area (TPSA) is 57.0 Å². The Bertz CT molecular complexity index is 470. The summed E-state index contributed by atoms with van der Waals surface area (Å²) >= 11 is 0. The first-order chi connectivity index (χ1) is 7.70. The van der Waals surface area contributed by atoms with Crippen LogP contribution in [0.5, 0.6) is 0 Å². The first kappa shape index (κ1) is 10.8. The first-order valence-electron chi connectivity index (χ1n) is 5.60. The fourth-order valence-electron chi connectivity index (χ4n) is 1.62. The van der Waals surface area contributed by atoms with Crippen LogP contribution >= 0.6 is 0 Å². The highest BCUT2D eigenvalue weighted by atomic mass is 16.3. The number of anilines is 1. The van der Waals surface area contributed by atoms with Crippen molar-refractivity contribution in [3.05, 3.63) is 24.1 Å². The number of nitrogens with two attached hydrogens (primary N) is 1. The van der Waals surface area contributed by atoms with Gasteiger partial charge in [-0.05, 0) is 25.5 Å². The smallest absolute Gasteiger partial charge is 0.156 e. The van der Waals surface area contributed by atoms with E-state index in [4.69, 9.17) is 10.2 Å². The largest absolute Gasteiger partial charge is 0.460 e. The second-order valence-corrected chi connectivity index (χ2v) is 3.96. The summed E-state index contributed by atoms with van der Waals surface area (Å²) in [5.74, 6) is 1.61. The molecule has 0 aromatic carbocycles. The van der Waals surface area contributed by atoms with E-state index in [1.165, 1.54) is 0 Å². The lowest BCUT2D eigenvalue weighted by atomic mass is 10.3. The van der Waals surface area contributed by atoms with Gasteiger partial charge in [0.05, 0.1) is 5.69 Å². The predicted octanol–water partition coefficient (Wildman–Crippen LogP) is 2.83. The van der Waals surface area contributed by atoms with E-state index in [0.717, 1.165) is 36.6 Å². The lowest BCUT2D eigenvalue weighted by Crippen LogP contribution is -1.97. The summed E-state index contributed by atoms with van der Waals surface area (Å²) in [4.78, 5) is 0. The Kier molecular flexibility index (Phi) is 2.99. The number of hydrogen-bond acceptors (Lipinski definition) is 3. The van der Waals surface area contributed by atoms with Gasteiger partial charge in [0.2, 0.25) is 0 Å². The molecular formula is C12H17N3O. The van der Waals surface area contributed by atoms with E-state index in [9.17, 15) is 0 Å². The summed E-state index contributed by atoms with van der Waals surface area (Å²) in [6.45, 7) is 4.97. The SMILES string of the molecule is CCCCn1cc(N)c(-c2ccc(C)o2)n1. The number of furan rings is 1. The Labute approximate surface area is 95.1 Å². The minimum atomic E-state index is 0.672. The van der Waals surface area contributed by atoms with E-state index in [1.807, 2.05) is 29.9 Å². The Hall–Kier alpha value is -1.71. The molecule has 2 aromatic rings. The van der Waals surface area contributed by atoms with Crippen molar-refractivity contribution in [3.8, 4) is 11.5 Å². The molecule has 0 amide bonds. The Morgan fingerprint density at radius 2 is 2.25 bits per heavy atom. The van der Waals surface area contributed by atoms with Crippen molar-refractivity contribution in [2.24, 2.45) is 0 Å². The molecule has 2 rings (SSSR count). The lowest BCUT2D eigenvalue weighted by molar-refractivity contribution is 0.538. The molecule has 86 valence electrons. The van der Waals surface area contributed by atoms with Crippen molar-refractivity contribution in [2.75, 3.05) is 5.73 Å². The van der Waals surface area contributed by atoms with Gasteiger partial charge < -0.3 is 10.2 Å². The molecule has 0 aliphatic heterocycles. The van der Waals surface area contributed by atoms with Gasteiger partial charge in [0.25, 0.3) is 0 Å². The summed E-state index contributed by atoms with van der Waals surface area (Å²) in [5, 5.41) is 4.43. The Morgan fingerprint density at radius 3 is 2.88 bits per heavy atom. The van der Waals surface area contributed by atoms with Crippen LogP contribution < -0.4 is 5.73 Å². The number of hydrogen-bond donors (Lipinski definition) is 1. The van der Waals surface area contributed by atoms with Crippen LogP contribution in [0.25, 0.3) is 11.5 Å². The molecule has 4 nitrogen and oxygen atoms in total. The lowest BCUT2D eigenvalue weighted by Gasteiger charge is -1.97. The molecule has 0 bridgehead atoms.